The molecule has 0 atom stereocenters. The van der Waals surface area contributed by atoms with E-state index in [2.05, 4.69) is 36.1 Å². The number of nitrogens with one attached hydrogen (secondary N) is 1. The fourth-order valence-corrected chi connectivity index (χ4v) is 3.81. The Balaban J connectivity index is 1.77. The monoisotopic (exact) mass is 397 g/mol. The molecule has 0 amide bonds. The molecule has 0 fully saturated rings. The van der Waals surface area contributed by atoms with Gasteiger partial charge in [0.25, 0.3) is 0 Å². The van der Waals surface area contributed by atoms with Crippen molar-refractivity contribution in [1.82, 2.24) is 20.2 Å². The van der Waals surface area contributed by atoms with Crippen LogP contribution in [0.15, 0.2) is 33.2 Å². The zero-order valence-electron chi connectivity index (χ0n) is 11.5. The molecule has 1 aromatic carbocycles. The summed E-state index contributed by atoms with van der Waals surface area (Å²) in [6, 6.07) is 5.87. The number of rotatable bonds is 5. The van der Waals surface area contributed by atoms with Crippen molar-refractivity contribution in [3.63, 3.8) is 0 Å². The molecule has 2 heterocycles. The van der Waals surface area contributed by atoms with E-state index in [1.54, 1.807) is 18.4 Å². The Kier molecular flexibility index (Phi) is 4.65. The smallest absolute Gasteiger partial charge is 0.216 e. The first-order valence-corrected chi connectivity index (χ1v) is 8.90. The normalized spacial score (nSPS) is 10.8. The van der Waals surface area contributed by atoms with Gasteiger partial charge in [0.1, 0.15) is 10.8 Å². The van der Waals surface area contributed by atoms with Crippen LogP contribution in [0.2, 0.25) is 0 Å². The molecule has 6 nitrogen and oxygen atoms in total. The van der Waals surface area contributed by atoms with Crippen LogP contribution >= 0.6 is 39.0 Å². The van der Waals surface area contributed by atoms with Gasteiger partial charge >= 0.3 is 0 Å². The van der Waals surface area contributed by atoms with Crippen molar-refractivity contribution in [2.24, 2.45) is 0 Å². The Morgan fingerprint density at radius 2 is 2.27 bits per heavy atom. The first kappa shape index (κ1) is 15.3. The molecule has 0 radical (unpaired) electrons. The number of aromatic nitrogens is 4. The predicted molar refractivity (Wildman–Crippen MR) is 92.2 cm³/mol. The lowest BCUT2D eigenvalue weighted by Gasteiger charge is -2.06. The van der Waals surface area contributed by atoms with Gasteiger partial charge in [0.2, 0.25) is 11.1 Å². The number of nitrogen functional groups attached to an aromatic ring is 1. The van der Waals surface area contributed by atoms with Gasteiger partial charge in [0.15, 0.2) is 0 Å². The number of H-pyrrole nitrogens is 1. The lowest BCUT2D eigenvalue weighted by Crippen LogP contribution is -1.88. The number of thioether (sulfide) groups is 1. The molecule has 0 spiro atoms. The largest absolute Gasteiger partial charge is 0.496 e. The molecule has 3 aromatic rings. The Labute approximate surface area is 143 Å². The van der Waals surface area contributed by atoms with Gasteiger partial charge in [-0.05, 0) is 18.2 Å². The van der Waals surface area contributed by atoms with E-state index in [1.807, 2.05) is 23.6 Å². The number of nitrogens with two attached hydrogens (primary N) is 1. The lowest BCUT2D eigenvalue weighted by molar-refractivity contribution is 0.416. The summed E-state index contributed by atoms with van der Waals surface area (Å²) in [5.41, 5.74) is 7.44. The number of ether oxygens (including phenoxy) is 1. The van der Waals surface area contributed by atoms with Gasteiger partial charge in [0, 0.05) is 15.6 Å². The third-order valence-electron chi connectivity index (χ3n) is 2.78. The maximum Gasteiger partial charge on any atom is 0.216 e. The summed E-state index contributed by atoms with van der Waals surface area (Å²) in [5.74, 6) is 1.81. The summed E-state index contributed by atoms with van der Waals surface area (Å²) >= 11 is 6.55. The van der Waals surface area contributed by atoms with Crippen molar-refractivity contribution in [3.05, 3.63) is 33.7 Å². The molecule has 0 aliphatic carbocycles. The van der Waals surface area contributed by atoms with Gasteiger partial charge in [-0.3, -0.25) is 0 Å². The summed E-state index contributed by atoms with van der Waals surface area (Å²) in [5, 5.41) is 10.2. The van der Waals surface area contributed by atoms with Gasteiger partial charge in [0.05, 0.1) is 18.4 Å². The first-order valence-electron chi connectivity index (χ1n) is 6.24. The van der Waals surface area contributed by atoms with Crippen molar-refractivity contribution in [3.8, 4) is 16.3 Å². The zero-order chi connectivity index (χ0) is 15.5. The molecular formula is C13H12BrN5OS2. The molecular weight excluding hydrogens is 386 g/mol. The van der Waals surface area contributed by atoms with Crippen molar-refractivity contribution in [1.29, 1.82) is 0 Å². The molecule has 0 saturated heterocycles. The van der Waals surface area contributed by atoms with E-state index in [0.29, 0.717) is 16.9 Å². The molecule has 0 aliphatic heterocycles. The number of halogens is 1. The second kappa shape index (κ2) is 6.67. The Morgan fingerprint density at radius 1 is 1.41 bits per heavy atom. The van der Waals surface area contributed by atoms with Crippen molar-refractivity contribution in [2.75, 3.05) is 12.8 Å². The number of anilines is 1. The first-order chi connectivity index (χ1) is 10.7. The predicted octanol–water partition coefficient (Wildman–Crippen LogP) is 3.57. The highest BCUT2D eigenvalue weighted by atomic mass is 79.9. The molecule has 0 aliphatic rings. The van der Waals surface area contributed by atoms with E-state index in [9.17, 15) is 0 Å². The van der Waals surface area contributed by atoms with Gasteiger partial charge in [-0.1, -0.05) is 27.7 Å². The molecule has 0 bridgehead atoms. The number of nitrogens with zero attached hydrogens (tertiary/aromatic N) is 3. The van der Waals surface area contributed by atoms with Crippen LogP contribution in [0.25, 0.3) is 10.6 Å². The topological polar surface area (TPSA) is 89.7 Å². The summed E-state index contributed by atoms with van der Waals surface area (Å²) < 4.78 is 6.39. The highest BCUT2D eigenvalue weighted by Crippen LogP contribution is 2.35. The Morgan fingerprint density at radius 3 is 3.00 bits per heavy atom. The molecule has 3 rings (SSSR count). The van der Waals surface area contributed by atoms with E-state index in [-0.39, 0.29) is 0 Å². The van der Waals surface area contributed by atoms with E-state index < -0.39 is 0 Å². The quantitative estimate of drug-likeness (QED) is 0.639. The van der Waals surface area contributed by atoms with Gasteiger partial charge in [-0.15, -0.1) is 16.4 Å². The van der Waals surface area contributed by atoms with Crippen LogP contribution in [0, 0.1) is 0 Å². The third kappa shape index (κ3) is 3.42. The average Bonchev–Trinajstić information content (AvgIpc) is 3.14. The maximum absolute atomic E-state index is 5.50. The Bertz CT molecular complexity index is 788. The SMILES string of the molecule is COc1ccc(Br)cc1-c1nc(CSc2n[nH]c(N)n2)cs1. The average molecular weight is 398 g/mol. The van der Waals surface area contributed by atoms with E-state index in [1.165, 1.54) is 11.8 Å². The number of hydrogen-bond acceptors (Lipinski definition) is 7. The van der Waals surface area contributed by atoms with Gasteiger partial charge in [-0.2, -0.15) is 4.98 Å². The summed E-state index contributed by atoms with van der Waals surface area (Å²) in [7, 11) is 1.66. The second-order valence-electron chi connectivity index (χ2n) is 4.28. The molecule has 22 heavy (non-hydrogen) atoms. The van der Waals surface area contributed by atoms with Crippen LogP contribution in [0.1, 0.15) is 5.69 Å². The van der Waals surface area contributed by atoms with Crippen LogP contribution in [-0.4, -0.2) is 27.3 Å². The highest BCUT2D eigenvalue weighted by molar-refractivity contribution is 9.10. The van der Waals surface area contributed by atoms with E-state index >= 15 is 0 Å². The number of benzene rings is 1. The summed E-state index contributed by atoms with van der Waals surface area (Å²) in [6.45, 7) is 0. The molecule has 0 saturated carbocycles. The molecule has 0 unspecified atom stereocenters. The van der Waals surface area contributed by atoms with Crippen LogP contribution in [0.3, 0.4) is 0 Å². The molecule has 2 aromatic heterocycles. The second-order valence-corrected chi connectivity index (χ2v) is 7.00. The number of aromatic amines is 1. The van der Waals surface area contributed by atoms with Crippen LogP contribution in [-0.2, 0) is 5.75 Å². The standard InChI is InChI=1S/C13H12BrN5OS2/c1-20-10-3-2-7(14)4-9(10)11-16-8(5-21-11)6-22-13-17-12(15)18-19-13/h2-5H,6H2,1H3,(H3,15,17,18,19). The maximum atomic E-state index is 5.50. The minimum atomic E-state index is 0.320. The van der Waals surface area contributed by atoms with E-state index in [0.717, 1.165) is 26.5 Å². The molecule has 114 valence electrons. The molecule has 9 heteroatoms. The zero-order valence-corrected chi connectivity index (χ0v) is 14.8. The van der Waals surface area contributed by atoms with Crippen molar-refractivity contribution >= 4 is 45.0 Å². The fourth-order valence-electron chi connectivity index (χ4n) is 1.81. The summed E-state index contributed by atoms with van der Waals surface area (Å²) in [4.78, 5) is 8.71. The highest BCUT2D eigenvalue weighted by Gasteiger charge is 2.12. The minimum absolute atomic E-state index is 0.320. The van der Waals surface area contributed by atoms with Crippen LogP contribution in [0.5, 0.6) is 5.75 Å². The van der Waals surface area contributed by atoms with Crippen LogP contribution in [0.4, 0.5) is 5.95 Å². The van der Waals surface area contributed by atoms with E-state index in [4.69, 9.17) is 10.5 Å². The third-order valence-corrected chi connectivity index (χ3v) is 5.07. The van der Waals surface area contributed by atoms with Crippen molar-refractivity contribution < 1.29 is 4.74 Å². The van der Waals surface area contributed by atoms with Gasteiger partial charge in [-0.25, -0.2) is 10.1 Å². The number of thiazole rings is 1. The number of methoxy groups -OCH3 is 1. The fraction of sp³-hybridized carbons (Fsp3) is 0.154. The Hall–Kier alpha value is -1.58. The van der Waals surface area contributed by atoms with Crippen LogP contribution < -0.4 is 10.5 Å². The summed E-state index contributed by atoms with van der Waals surface area (Å²) in [6.07, 6.45) is 0. The number of hydrogen-bond donors (Lipinski definition) is 2. The lowest BCUT2D eigenvalue weighted by atomic mass is 10.2. The minimum Gasteiger partial charge on any atom is -0.496 e. The van der Waals surface area contributed by atoms with Crippen molar-refractivity contribution in [2.45, 2.75) is 10.9 Å². The van der Waals surface area contributed by atoms with Gasteiger partial charge < -0.3 is 10.5 Å². The molecule has 3 N–H and O–H groups in total.